The Morgan fingerprint density at radius 1 is 0.605 bits per heavy atom. The van der Waals surface area contributed by atoms with Gasteiger partial charge in [-0.3, -0.25) is 0 Å². The lowest BCUT2D eigenvalue weighted by Gasteiger charge is -2.07. The zero-order chi connectivity index (χ0) is 30.0. The number of rotatable bonds is 16. The molecule has 2 N–H and O–H groups in total. The molecule has 5 rings (SSSR count). The molecule has 0 aliphatic heterocycles. The summed E-state index contributed by atoms with van der Waals surface area (Å²) in [4.78, 5) is 23.6. The Morgan fingerprint density at radius 2 is 1.02 bits per heavy atom. The summed E-state index contributed by atoms with van der Waals surface area (Å²) in [7, 11) is 0. The standard InChI is InChI=1S/C35H34O6S2/c36-34(37)22-40-28-7-11-30(12-8-28)42-17-1-3-24-5-15-32-26(19-24)21-27-20-25(6-16-33(27)32)4-2-18-43-31-13-9-29(10-14-31)41-23-35(38)39/h5-16,19-20H,1-4,17-18,21-23H2,(H,36,37)(H,38,39). The van der Waals surface area contributed by atoms with Crippen molar-refractivity contribution in [3.63, 3.8) is 0 Å². The van der Waals surface area contributed by atoms with Gasteiger partial charge in [-0.05, 0) is 126 Å². The second-order valence-electron chi connectivity index (χ2n) is 10.4. The van der Waals surface area contributed by atoms with E-state index in [1.54, 1.807) is 23.5 Å². The summed E-state index contributed by atoms with van der Waals surface area (Å²) >= 11 is 3.61. The Kier molecular flexibility index (Phi) is 10.7. The quantitative estimate of drug-likeness (QED) is 0.0866. The monoisotopic (exact) mass is 614 g/mol. The predicted octanol–water partition coefficient (Wildman–Crippen LogP) is 7.63. The molecule has 0 aromatic heterocycles. The minimum absolute atomic E-state index is 0.326. The summed E-state index contributed by atoms with van der Waals surface area (Å²) in [6, 6.07) is 29.0. The van der Waals surface area contributed by atoms with E-state index >= 15 is 0 Å². The van der Waals surface area contributed by atoms with Crippen molar-refractivity contribution in [2.75, 3.05) is 24.7 Å². The van der Waals surface area contributed by atoms with Crippen molar-refractivity contribution in [1.82, 2.24) is 0 Å². The molecule has 1 aliphatic rings. The van der Waals surface area contributed by atoms with Gasteiger partial charge in [0.2, 0.25) is 0 Å². The summed E-state index contributed by atoms with van der Waals surface area (Å²) in [6.45, 7) is -0.652. The van der Waals surface area contributed by atoms with Crippen LogP contribution in [0.5, 0.6) is 11.5 Å². The number of carboxylic acids is 2. The Morgan fingerprint density at radius 3 is 1.42 bits per heavy atom. The van der Waals surface area contributed by atoms with Gasteiger partial charge < -0.3 is 19.7 Å². The number of carboxylic acid groups (broad SMARTS) is 2. The highest BCUT2D eigenvalue weighted by molar-refractivity contribution is 7.99. The van der Waals surface area contributed by atoms with Gasteiger partial charge in [0, 0.05) is 9.79 Å². The summed E-state index contributed by atoms with van der Waals surface area (Å²) in [5.74, 6) is 1.22. The second-order valence-corrected chi connectivity index (χ2v) is 12.7. The van der Waals surface area contributed by atoms with Gasteiger partial charge in [-0.15, -0.1) is 23.5 Å². The van der Waals surface area contributed by atoms with Gasteiger partial charge in [0.15, 0.2) is 13.2 Å². The molecule has 0 saturated heterocycles. The average Bonchev–Trinajstić information content (AvgIpc) is 3.37. The molecule has 0 amide bonds. The fraction of sp³-hybridized carbons (Fsp3) is 0.257. The molecule has 8 heteroatoms. The van der Waals surface area contributed by atoms with Gasteiger partial charge >= 0.3 is 11.9 Å². The lowest BCUT2D eigenvalue weighted by atomic mass is 10.0. The molecule has 0 radical (unpaired) electrons. The van der Waals surface area contributed by atoms with Crippen LogP contribution in [-0.2, 0) is 28.9 Å². The zero-order valence-electron chi connectivity index (χ0n) is 23.8. The molecule has 4 aromatic carbocycles. The van der Waals surface area contributed by atoms with Crippen molar-refractivity contribution < 1.29 is 29.3 Å². The van der Waals surface area contributed by atoms with E-state index in [1.807, 2.05) is 48.5 Å². The smallest absolute Gasteiger partial charge is 0.341 e. The molecule has 0 saturated carbocycles. The number of hydrogen-bond acceptors (Lipinski definition) is 6. The van der Waals surface area contributed by atoms with Crippen molar-refractivity contribution in [3.05, 3.63) is 107 Å². The van der Waals surface area contributed by atoms with E-state index in [0.717, 1.165) is 53.4 Å². The Labute approximate surface area is 260 Å². The van der Waals surface area contributed by atoms with Crippen molar-refractivity contribution in [2.24, 2.45) is 0 Å². The van der Waals surface area contributed by atoms with Crippen LogP contribution in [0.4, 0.5) is 0 Å². The number of thioether (sulfide) groups is 2. The van der Waals surface area contributed by atoms with Gasteiger partial charge in [0.1, 0.15) is 11.5 Å². The van der Waals surface area contributed by atoms with Crippen molar-refractivity contribution in [2.45, 2.75) is 41.9 Å². The molecule has 4 aromatic rings. The normalized spacial score (nSPS) is 11.5. The number of aryl methyl sites for hydroxylation is 2. The molecule has 222 valence electrons. The first-order valence-corrected chi connectivity index (χ1v) is 16.3. The topological polar surface area (TPSA) is 93.1 Å². The molecule has 0 atom stereocenters. The van der Waals surface area contributed by atoms with Crippen LogP contribution in [0.1, 0.15) is 35.1 Å². The minimum Gasteiger partial charge on any atom is -0.482 e. The first kappa shape index (κ1) is 30.6. The molecule has 0 fully saturated rings. The molecule has 0 bridgehead atoms. The van der Waals surface area contributed by atoms with Crippen LogP contribution in [0.2, 0.25) is 0 Å². The van der Waals surface area contributed by atoms with Gasteiger partial charge in [-0.1, -0.05) is 36.4 Å². The molecule has 1 aliphatic carbocycles. The highest BCUT2D eigenvalue weighted by Crippen LogP contribution is 2.38. The summed E-state index contributed by atoms with van der Waals surface area (Å²) in [6.07, 6.45) is 5.23. The number of ether oxygens (including phenoxy) is 2. The fourth-order valence-corrected chi connectivity index (χ4v) is 6.82. The van der Waals surface area contributed by atoms with Gasteiger partial charge in [-0.2, -0.15) is 0 Å². The first-order chi connectivity index (χ1) is 20.9. The highest BCUT2D eigenvalue weighted by Gasteiger charge is 2.19. The van der Waals surface area contributed by atoms with E-state index in [-0.39, 0.29) is 13.2 Å². The van der Waals surface area contributed by atoms with Crippen LogP contribution in [0.15, 0.2) is 94.7 Å². The second kappa shape index (κ2) is 15.0. The maximum absolute atomic E-state index is 10.6. The van der Waals surface area contributed by atoms with Crippen LogP contribution < -0.4 is 9.47 Å². The zero-order valence-corrected chi connectivity index (χ0v) is 25.4. The van der Waals surface area contributed by atoms with E-state index in [2.05, 4.69) is 36.4 Å². The first-order valence-electron chi connectivity index (χ1n) is 14.3. The third-order valence-corrected chi connectivity index (χ3v) is 9.34. The maximum Gasteiger partial charge on any atom is 0.341 e. The molecule has 43 heavy (non-hydrogen) atoms. The van der Waals surface area contributed by atoms with Crippen LogP contribution in [0.3, 0.4) is 0 Å². The maximum atomic E-state index is 10.6. The third-order valence-electron chi connectivity index (χ3n) is 7.14. The summed E-state index contributed by atoms with van der Waals surface area (Å²) < 4.78 is 10.4. The summed E-state index contributed by atoms with van der Waals surface area (Å²) in [5, 5.41) is 17.4. The van der Waals surface area contributed by atoms with Crippen molar-refractivity contribution in [1.29, 1.82) is 0 Å². The fourth-order valence-electron chi connectivity index (χ4n) is 5.12. The van der Waals surface area contributed by atoms with Gasteiger partial charge in [-0.25, -0.2) is 9.59 Å². The third kappa shape index (κ3) is 9.05. The van der Waals surface area contributed by atoms with Crippen molar-refractivity contribution >= 4 is 35.5 Å². The largest absolute Gasteiger partial charge is 0.482 e. The van der Waals surface area contributed by atoms with E-state index in [1.165, 1.54) is 33.4 Å². The Hall–Kier alpha value is -3.88. The van der Waals surface area contributed by atoms with Crippen LogP contribution in [0.25, 0.3) is 11.1 Å². The molecule has 0 heterocycles. The van der Waals surface area contributed by atoms with E-state index in [4.69, 9.17) is 19.7 Å². The van der Waals surface area contributed by atoms with E-state index in [9.17, 15) is 9.59 Å². The Balaban J connectivity index is 1.04. The number of hydrogen-bond donors (Lipinski definition) is 2. The van der Waals surface area contributed by atoms with Gasteiger partial charge in [0.25, 0.3) is 0 Å². The van der Waals surface area contributed by atoms with Crippen LogP contribution >= 0.6 is 23.5 Å². The number of benzene rings is 4. The van der Waals surface area contributed by atoms with E-state index in [0.29, 0.717) is 11.5 Å². The number of carbonyl (C=O) groups is 2. The van der Waals surface area contributed by atoms with Gasteiger partial charge in [0.05, 0.1) is 0 Å². The summed E-state index contributed by atoms with van der Waals surface area (Å²) in [5.41, 5.74) is 8.31. The lowest BCUT2D eigenvalue weighted by Crippen LogP contribution is -2.09. The average molecular weight is 615 g/mol. The molecule has 0 spiro atoms. The number of aliphatic carboxylic acids is 2. The van der Waals surface area contributed by atoms with E-state index < -0.39 is 11.9 Å². The number of fused-ring (bicyclic) bond motifs is 3. The molecule has 0 unspecified atom stereocenters. The van der Waals surface area contributed by atoms with Crippen LogP contribution in [-0.4, -0.2) is 46.9 Å². The highest BCUT2D eigenvalue weighted by atomic mass is 32.2. The minimum atomic E-state index is -0.977. The molecule has 6 nitrogen and oxygen atoms in total. The predicted molar refractivity (Wildman–Crippen MR) is 172 cm³/mol. The van der Waals surface area contributed by atoms with Crippen LogP contribution in [0, 0.1) is 0 Å². The molecular formula is C35H34O6S2. The SMILES string of the molecule is O=C(O)COc1ccc(SCCCc2ccc3c(c2)Cc2cc(CCCSc4ccc(OCC(=O)O)cc4)ccc2-3)cc1. The Bertz CT molecular complexity index is 1430. The molecular weight excluding hydrogens is 581 g/mol. The van der Waals surface area contributed by atoms with Crippen molar-refractivity contribution in [3.8, 4) is 22.6 Å². The lowest BCUT2D eigenvalue weighted by molar-refractivity contribution is -0.140.